The number of rotatable bonds is 15. The molecule has 63 heavy (non-hydrogen) atoms. The van der Waals surface area contributed by atoms with Crippen LogP contribution in [0.4, 0.5) is 87.8 Å². The Bertz CT molecular complexity index is 2080. The van der Waals surface area contributed by atoms with E-state index in [1.54, 1.807) is 0 Å². The summed E-state index contributed by atoms with van der Waals surface area (Å²) in [5.74, 6) is -71.4. The maximum absolute atomic E-state index is 15.4. The van der Waals surface area contributed by atoms with Crippen molar-refractivity contribution in [2.75, 3.05) is 0 Å². The van der Waals surface area contributed by atoms with E-state index in [4.69, 9.17) is 0 Å². The van der Waals surface area contributed by atoms with Gasteiger partial charge >= 0.3 is 0 Å². The molecule has 22 heteroatoms. The van der Waals surface area contributed by atoms with Crippen molar-refractivity contribution in [2.24, 2.45) is 0 Å². The van der Waals surface area contributed by atoms with Crippen LogP contribution < -0.4 is 26.4 Å². The summed E-state index contributed by atoms with van der Waals surface area (Å²) in [6.45, 7) is 3.46. The number of benzene rings is 4. The summed E-state index contributed by atoms with van der Waals surface area (Å²) in [5.41, 5.74) is -14.3. The molecule has 4 aromatic carbocycles. The first kappa shape index (κ1) is 50.3. The molecule has 1 nitrogen and oxygen atoms in total. The lowest BCUT2D eigenvalue weighted by Crippen LogP contribution is -2.81. The molecule has 0 atom stereocenters. The van der Waals surface area contributed by atoms with Crippen LogP contribution in [-0.2, 0) is 6.54 Å². The van der Waals surface area contributed by atoms with E-state index in [9.17, 15) is 52.7 Å². The molecule has 0 aliphatic heterocycles. The molecule has 0 unspecified atom stereocenters. The first-order valence-electron chi connectivity index (χ1n) is 18.8. The summed E-state index contributed by atoms with van der Waals surface area (Å²) < 4.78 is 296. The van der Waals surface area contributed by atoms with Gasteiger partial charge in [-0.25, -0.2) is 92.4 Å². The molecule has 0 amide bonds. The van der Waals surface area contributed by atoms with Crippen molar-refractivity contribution in [1.29, 1.82) is 0 Å². The first-order chi connectivity index (χ1) is 29.6. The zero-order chi connectivity index (χ0) is 47.2. The number of unbranched alkanes of at least 4 members (excludes halogenated alkanes) is 9. The summed E-state index contributed by atoms with van der Waals surface area (Å²) in [5, 5.41) is 0. The van der Waals surface area contributed by atoms with E-state index < -0.39 is 144 Å². The van der Waals surface area contributed by atoms with Crippen LogP contribution in [0.1, 0.15) is 71.1 Å². The van der Waals surface area contributed by atoms with Crippen LogP contribution >= 0.6 is 0 Å². The van der Waals surface area contributed by atoms with Gasteiger partial charge in [0.1, 0.15) is 59.2 Å². The highest BCUT2D eigenvalue weighted by Gasteiger charge is 2.52. The second kappa shape index (κ2) is 20.9. The van der Waals surface area contributed by atoms with E-state index in [0.29, 0.717) is 0 Å². The fourth-order valence-electron chi connectivity index (χ4n) is 7.24. The Morgan fingerprint density at radius 3 is 0.730 bits per heavy atom. The fourth-order valence-corrected chi connectivity index (χ4v) is 7.24. The summed E-state index contributed by atoms with van der Waals surface area (Å²) in [6, 6.07) is 6.29. The molecule has 1 heterocycles. The van der Waals surface area contributed by atoms with Crippen molar-refractivity contribution in [3.63, 3.8) is 0 Å². The standard InChI is InChI=1S/C24BF20.C17H30N/c26-5-1(6(27)14(35)21(42)13(5)34)25(2-7(28)15(36)22(43)16(37)8(2)29,3-9(30)17(38)23(44)18(39)10(3)31)4-11(32)19(40)24(45)20(41)12(4)33;1-2-3-4-5-6-7-8-9-10-12-15-18-16-13-11-14-17-18/h;11,13-14,16-17H,2-10,12,15H2,1H3/q-1;+1. The Hall–Kier alpha value is -5.31. The lowest BCUT2D eigenvalue weighted by atomic mass is 9.12. The number of aryl methyl sites for hydroxylation is 1. The van der Waals surface area contributed by atoms with Gasteiger partial charge in [0.25, 0.3) is 0 Å². The van der Waals surface area contributed by atoms with Crippen LogP contribution in [-0.4, -0.2) is 6.15 Å². The largest absolute Gasteiger partial charge is 0.207 e. The molecule has 0 bridgehead atoms. The third-order valence-electron chi connectivity index (χ3n) is 10.3. The molecule has 0 radical (unpaired) electrons. The van der Waals surface area contributed by atoms with Crippen molar-refractivity contribution in [3.05, 3.63) is 147 Å². The lowest BCUT2D eigenvalue weighted by Gasteiger charge is -2.44. The molecule has 0 spiro atoms. The van der Waals surface area contributed by atoms with Crippen LogP contribution in [0.2, 0.25) is 0 Å². The highest BCUT2D eigenvalue weighted by atomic mass is 19.2. The smallest absolute Gasteiger partial charge is 0.200 e. The molecular formula is C41H30BF20N. The van der Waals surface area contributed by atoms with Crippen LogP contribution in [0.15, 0.2) is 30.6 Å². The number of hydrogen-bond acceptors (Lipinski definition) is 0. The van der Waals surface area contributed by atoms with Crippen LogP contribution in [0.5, 0.6) is 0 Å². The molecule has 0 aliphatic carbocycles. The van der Waals surface area contributed by atoms with Gasteiger partial charge in [-0.05, 0) is 6.42 Å². The summed E-state index contributed by atoms with van der Waals surface area (Å²) in [4.78, 5) is 0. The monoisotopic (exact) mass is 927 g/mol. The predicted molar refractivity (Wildman–Crippen MR) is 188 cm³/mol. The first-order valence-corrected chi connectivity index (χ1v) is 18.8. The average molecular weight is 927 g/mol. The minimum absolute atomic E-state index is 1.18. The fraction of sp³-hybridized carbons (Fsp3) is 0.293. The van der Waals surface area contributed by atoms with E-state index in [1.165, 1.54) is 70.8 Å². The van der Waals surface area contributed by atoms with Gasteiger partial charge in [0.2, 0.25) is 0 Å². The van der Waals surface area contributed by atoms with Gasteiger partial charge < -0.3 is 0 Å². The van der Waals surface area contributed by atoms with E-state index in [1.807, 2.05) is 0 Å². The number of halogens is 20. The second-order valence-electron chi connectivity index (χ2n) is 14.1. The van der Waals surface area contributed by atoms with Crippen molar-refractivity contribution < 1.29 is 92.4 Å². The molecule has 5 aromatic rings. The van der Waals surface area contributed by atoms with Crippen molar-refractivity contribution >= 4 is 28.0 Å². The van der Waals surface area contributed by atoms with Crippen molar-refractivity contribution in [1.82, 2.24) is 0 Å². The van der Waals surface area contributed by atoms with Crippen molar-refractivity contribution in [2.45, 2.75) is 77.7 Å². The molecule has 0 saturated heterocycles. The van der Waals surface area contributed by atoms with E-state index >= 15 is 35.1 Å². The van der Waals surface area contributed by atoms with Gasteiger partial charge in [0.05, 0.1) is 0 Å². The summed E-state index contributed by atoms with van der Waals surface area (Å²) >= 11 is 0. The topological polar surface area (TPSA) is 3.88 Å². The zero-order valence-electron chi connectivity index (χ0n) is 32.2. The van der Waals surface area contributed by atoms with E-state index in [2.05, 4.69) is 42.1 Å². The van der Waals surface area contributed by atoms with Crippen molar-refractivity contribution in [3.8, 4) is 0 Å². The molecular weight excluding hydrogens is 897 g/mol. The van der Waals surface area contributed by atoms with E-state index in [0.717, 1.165) is 0 Å². The minimum Gasteiger partial charge on any atom is -0.207 e. The highest BCUT2D eigenvalue weighted by Crippen LogP contribution is 2.30. The molecule has 342 valence electrons. The normalized spacial score (nSPS) is 11.6. The van der Waals surface area contributed by atoms with Gasteiger partial charge in [-0.15, -0.1) is 21.9 Å². The predicted octanol–water partition coefficient (Wildman–Crippen LogP) is 10.7. The molecule has 0 aliphatic rings. The molecule has 1 aromatic heterocycles. The maximum Gasteiger partial charge on any atom is 0.200 e. The zero-order valence-corrected chi connectivity index (χ0v) is 32.2. The van der Waals surface area contributed by atoms with Crippen LogP contribution in [0, 0.1) is 116 Å². The number of aromatic nitrogens is 1. The van der Waals surface area contributed by atoms with Gasteiger partial charge in [0, 0.05) is 18.6 Å². The Morgan fingerprint density at radius 1 is 0.286 bits per heavy atom. The number of pyridine rings is 1. The molecule has 0 N–H and O–H groups in total. The van der Waals surface area contributed by atoms with Gasteiger partial charge in [-0.3, -0.25) is 0 Å². The molecule has 0 fully saturated rings. The quantitative estimate of drug-likeness (QED) is 0.0246. The second-order valence-corrected chi connectivity index (χ2v) is 14.1. The van der Waals surface area contributed by atoms with Gasteiger partial charge in [0.15, 0.2) is 82.2 Å². The third kappa shape index (κ3) is 9.35. The summed E-state index contributed by atoms with van der Waals surface area (Å²) in [7, 11) is 0. The van der Waals surface area contributed by atoms with Gasteiger partial charge in [-0.1, -0.05) is 64.4 Å². The van der Waals surface area contributed by atoms with Crippen LogP contribution in [0.25, 0.3) is 0 Å². The average Bonchev–Trinajstić information content (AvgIpc) is 3.27. The Morgan fingerprint density at radius 2 is 0.492 bits per heavy atom. The lowest BCUT2D eigenvalue weighted by molar-refractivity contribution is -0.697. The highest BCUT2D eigenvalue weighted by molar-refractivity contribution is 7.20. The minimum atomic E-state index is -7.22. The molecule has 5 rings (SSSR count). The van der Waals surface area contributed by atoms with Gasteiger partial charge in [-0.2, -0.15) is 0 Å². The number of hydrogen-bond donors (Lipinski definition) is 0. The SMILES string of the molecule is CCCCCCCCCCCC[n+]1ccccc1.Fc1c(F)c(F)c([B-](c2c(F)c(F)c(F)c(F)c2F)(c2c(F)c(F)c(F)c(F)c2F)c2c(F)c(F)c(F)c(F)c2F)c(F)c1F. The molecule has 0 saturated carbocycles. The van der Waals surface area contributed by atoms with Crippen LogP contribution in [0.3, 0.4) is 0 Å². The Balaban J connectivity index is 0.000000405. The Kier molecular flexibility index (Phi) is 16.7. The Labute approximate surface area is 344 Å². The summed E-state index contributed by atoms with van der Waals surface area (Å²) in [6.07, 6.45) is 11.2. The maximum atomic E-state index is 15.4. The number of nitrogens with zero attached hydrogens (tertiary/aromatic N) is 1. The third-order valence-corrected chi connectivity index (χ3v) is 10.3. The van der Waals surface area contributed by atoms with E-state index in [-0.39, 0.29) is 0 Å².